The lowest BCUT2D eigenvalue weighted by atomic mass is 10.3. The Bertz CT molecular complexity index is 944. The van der Waals surface area contributed by atoms with Gasteiger partial charge in [0.25, 0.3) is 15.3 Å². The summed E-state index contributed by atoms with van der Waals surface area (Å²) in [5.74, 6) is -0.519. The highest BCUT2D eigenvalue weighted by molar-refractivity contribution is 8.13. The van der Waals surface area contributed by atoms with E-state index in [2.05, 4.69) is 5.32 Å². The standard InChI is InChI=1S/C16H18ClN3O4S3/c1-19(2)16(22)25-12-7-5-4-6-11(12)18-14(21)10-20(3)27(23,24)15-9-8-13(17)26-15/h4-9H,10H2,1-3H3,(H,18,21). The summed E-state index contributed by atoms with van der Waals surface area (Å²) in [4.78, 5) is 26.2. The molecular weight excluding hydrogens is 430 g/mol. The molecule has 0 fully saturated rings. The van der Waals surface area contributed by atoms with Crippen LogP contribution in [0.15, 0.2) is 45.5 Å². The Balaban J connectivity index is 2.09. The molecule has 2 amide bonds. The number of hydrogen-bond acceptors (Lipinski definition) is 6. The van der Waals surface area contributed by atoms with Crippen molar-refractivity contribution in [3.8, 4) is 0 Å². The molecule has 0 aliphatic carbocycles. The molecular formula is C16H18ClN3O4S3. The Kier molecular flexibility index (Phi) is 7.29. The molecule has 0 atom stereocenters. The van der Waals surface area contributed by atoms with Crippen LogP contribution >= 0.6 is 34.7 Å². The van der Waals surface area contributed by atoms with Crippen LogP contribution in [0.3, 0.4) is 0 Å². The number of benzene rings is 1. The topological polar surface area (TPSA) is 86.8 Å². The molecule has 0 radical (unpaired) electrons. The molecule has 0 saturated heterocycles. The molecule has 146 valence electrons. The number of para-hydroxylation sites is 1. The fourth-order valence-corrected chi connectivity index (χ4v) is 5.48. The second kappa shape index (κ2) is 9.07. The smallest absolute Gasteiger partial charge is 0.286 e. The van der Waals surface area contributed by atoms with Crippen molar-refractivity contribution in [3.63, 3.8) is 0 Å². The molecule has 1 aromatic heterocycles. The average molecular weight is 448 g/mol. The van der Waals surface area contributed by atoms with Gasteiger partial charge < -0.3 is 10.2 Å². The monoisotopic (exact) mass is 447 g/mol. The first-order valence-corrected chi connectivity index (χ1v) is 11.1. The zero-order valence-electron chi connectivity index (χ0n) is 14.8. The van der Waals surface area contributed by atoms with E-state index < -0.39 is 15.9 Å². The number of hydrogen-bond donors (Lipinski definition) is 1. The van der Waals surface area contributed by atoms with Crippen LogP contribution in [0.25, 0.3) is 0 Å². The molecule has 2 rings (SSSR count). The maximum atomic E-state index is 12.5. The molecule has 1 N–H and O–H groups in total. The average Bonchev–Trinajstić information content (AvgIpc) is 3.03. The number of nitrogens with zero attached hydrogens (tertiary/aromatic N) is 2. The number of sulfonamides is 1. The Morgan fingerprint density at radius 2 is 1.81 bits per heavy atom. The van der Waals surface area contributed by atoms with E-state index in [4.69, 9.17) is 11.6 Å². The van der Waals surface area contributed by atoms with Gasteiger partial charge >= 0.3 is 0 Å². The van der Waals surface area contributed by atoms with Crippen LogP contribution in [-0.4, -0.2) is 56.5 Å². The lowest BCUT2D eigenvalue weighted by Gasteiger charge is -2.17. The summed E-state index contributed by atoms with van der Waals surface area (Å²) in [6.07, 6.45) is 0. The predicted molar refractivity (Wildman–Crippen MR) is 109 cm³/mol. The summed E-state index contributed by atoms with van der Waals surface area (Å²) in [6.45, 7) is -0.377. The SMILES string of the molecule is CN(C)C(=O)Sc1ccccc1NC(=O)CN(C)S(=O)(=O)c1ccc(Cl)s1. The summed E-state index contributed by atoms with van der Waals surface area (Å²) in [6, 6.07) is 9.70. The second-order valence-electron chi connectivity index (χ2n) is 5.63. The van der Waals surface area contributed by atoms with Crippen molar-refractivity contribution < 1.29 is 18.0 Å². The number of thioether (sulfide) groups is 1. The van der Waals surface area contributed by atoms with E-state index in [1.165, 1.54) is 24.1 Å². The minimum absolute atomic E-state index is 0.0651. The first-order chi connectivity index (χ1) is 12.6. The van der Waals surface area contributed by atoms with Crippen LogP contribution in [0, 0.1) is 0 Å². The molecule has 1 aromatic carbocycles. The van der Waals surface area contributed by atoms with Crippen molar-refractivity contribution in [3.05, 3.63) is 40.7 Å². The van der Waals surface area contributed by atoms with Gasteiger partial charge in [-0.15, -0.1) is 11.3 Å². The fraction of sp³-hybridized carbons (Fsp3) is 0.250. The minimum Gasteiger partial charge on any atom is -0.339 e. The fourth-order valence-electron chi connectivity index (χ4n) is 1.91. The summed E-state index contributed by atoms with van der Waals surface area (Å²) >= 11 is 7.68. The normalized spacial score (nSPS) is 11.4. The predicted octanol–water partition coefficient (Wildman–Crippen LogP) is 3.43. The molecule has 27 heavy (non-hydrogen) atoms. The minimum atomic E-state index is -3.81. The molecule has 0 aliphatic rings. The van der Waals surface area contributed by atoms with Gasteiger partial charge in [-0.1, -0.05) is 23.7 Å². The van der Waals surface area contributed by atoms with Crippen molar-refractivity contribution in [1.29, 1.82) is 0 Å². The van der Waals surface area contributed by atoms with E-state index in [1.54, 1.807) is 38.4 Å². The van der Waals surface area contributed by atoms with Crippen LogP contribution in [0.1, 0.15) is 0 Å². The highest BCUT2D eigenvalue weighted by Gasteiger charge is 2.25. The maximum Gasteiger partial charge on any atom is 0.286 e. The van der Waals surface area contributed by atoms with Crippen LogP contribution in [0.4, 0.5) is 10.5 Å². The number of amides is 2. The molecule has 7 nitrogen and oxygen atoms in total. The Morgan fingerprint density at radius 1 is 1.15 bits per heavy atom. The van der Waals surface area contributed by atoms with Gasteiger partial charge in [-0.25, -0.2) is 8.42 Å². The highest BCUT2D eigenvalue weighted by Crippen LogP contribution is 2.29. The number of carbonyl (C=O) groups excluding carboxylic acids is 2. The summed E-state index contributed by atoms with van der Waals surface area (Å²) < 4.78 is 26.3. The third kappa shape index (κ3) is 5.69. The number of nitrogens with one attached hydrogen (secondary N) is 1. The molecule has 0 spiro atoms. The van der Waals surface area contributed by atoms with Gasteiger partial charge in [0.1, 0.15) is 4.21 Å². The van der Waals surface area contributed by atoms with E-state index in [1.807, 2.05) is 0 Å². The second-order valence-corrected chi connectivity index (χ2v) is 10.6. The van der Waals surface area contributed by atoms with Crippen molar-refractivity contribution in [2.45, 2.75) is 9.10 Å². The van der Waals surface area contributed by atoms with Crippen molar-refractivity contribution in [1.82, 2.24) is 9.21 Å². The number of anilines is 1. The van der Waals surface area contributed by atoms with Crippen LogP contribution in [0.2, 0.25) is 4.34 Å². The molecule has 1 heterocycles. The molecule has 0 aliphatic heterocycles. The van der Waals surface area contributed by atoms with Gasteiger partial charge in [-0.05, 0) is 36.0 Å². The third-order valence-corrected chi connectivity index (χ3v) is 7.92. The van der Waals surface area contributed by atoms with Crippen LogP contribution < -0.4 is 5.32 Å². The molecule has 0 unspecified atom stereocenters. The van der Waals surface area contributed by atoms with Crippen LogP contribution in [0.5, 0.6) is 0 Å². The third-order valence-electron chi connectivity index (χ3n) is 3.30. The van der Waals surface area contributed by atoms with E-state index in [9.17, 15) is 18.0 Å². The first-order valence-electron chi connectivity index (χ1n) is 7.61. The maximum absolute atomic E-state index is 12.5. The summed E-state index contributed by atoms with van der Waals surface area (Å²) in [7, 11) is 0.777. The van der Waals surface area contributed by atoms with Crippen molar-refractivity contribution in [2.75, 3.05) is 33.0 Å². The van der Waals surface area contributed by atoms with Crippen LogP contribution in [-0.2, 0) is 14.8 Å². The zero-order chi connectivity index (χ0) is 20.2. The highest BCUT2D eigenvalue weighted by atomic mass is 35.5. The Labute approximate surface area is 171 Å². The van der Waals surface area contributed by atoms with E-state index in [0.29, 0.717) is 14.9 Å². The summed E-state index contributed by atoms with van der Waals surface area (Å²) in [5, 5.41) is 2.47. The number of rotatable bonds is 6. The largest absolute Gasteiger partial charge is 0.339 e. The van der Waals surface area contributed by atoms with Gasteiger partial charge in [-0.3, -0.25) is 9.59 Å². The van der Waals surface area contributed by atoms with E-state index in [-0.39, 0.29) is 16.0 Å². The Hall–Kier alpha value is -1.59. The quantitative estimate of drug-likeness (QED) is 0.685. The Morgan fingerprint density at radius 3 is 2.41 bits per heavy atom. The van der Waals surface area contributed by atoms with Crippen molar-refractivity contribution >= 4 is 61.6 Å². The lowest BCUT2D eigenvalue weighted by Crippen LogP contribution is -2.34. The molecule has 2 aromatic rings. The first kappa shape index (κ1) is 21.7. The summed E-state index contributed by atoms with van der Waals surface area (Å²) in [5.41, 5.74) is 0.438. The van der Waals surface area contributed by atoms with Gasteiger partial charge in [0.15, 0.2) is 0 Å². The van der Waals surface area contributed by atoms with E-state index in [0.717, 1.165) is 27.4 Å². The number of halogens is 1. The lowest BCUT2D eigenvalue weighted by molar-refractivity contribution is -0.116. The number of carbonyl (C=O) groups is 2. The van der Waals surface area contributed by atoms with E-state index >= 15 is 0 Å². The zero-order valence-corrected chi connectivity index (χ0v) is 18.0. The molecule has 11 heteroatoms. The van der Waals surface area contributed by atoms with Crippen molar-refractivity contribution in [2.24, 2.45) is 0 Å². The van der Waals surface area contributed by atoms with Gasteiger partial charge in [-0.2, -0.15) is 4.31 Å². The van der Waals surface area contributed by atoms with Gasteiger partial charge in [0.2, 0.25) is 5.91 Å². The molecule has 0 saturated carbocycles. The van der Waals surface area contributed by atoms with Gasteiger partial charge in [0, 0.05) is 26.0 Å². The number of likely N-dealkylation sites (N-methyl/N-ethyl adjacent to an activating group) is 1. The number of thiophene rings is 1. The van der Waals surface area contributed by atoms with Gasteiger partial charge in [0.05, 0.1) is 16.6 Å². The molecule has 0 bridgehead atoms.